The fourth-order valence-corrected chi connectivity index (χ4v) is 3.02. The van der Waals surface area contributed by atoms with Gasteiger partial charge in [0, 0.05) is 30.6 Å². The molecule has 2 aromatic rings. The maximum absolute atomic E-state index is 11.9. The smallest absolute Gasteiger partial charge is 0.225 e. The third kappa shape index (κ3) is 5.21. The van der Waals surface area contributed by atoms with E-state index >= 15 is 0 Å². The lowest BCUT2D eigenvalue weighted by Gasteiger charge is -2.21. The van der Waals surface area contributed by atoms with E-state index in [1.165, 1.54) is 5.56 Å². The number of amides is 2. The lowest BCUT2D eigenvalue weighted by atomic mass is 10.1. The maximum atomic E-state index is 11.9. The first-order chi connectivity index (χ1) is 11.1. The van der Waals surface area contributed by atoms with Crippen LogP contribution in [0, 0.1) is 0 Å². The second-order valence-corrected chi connectivity index (χ2v) is 6.33. The van der Waals surface area contributed by atoms with E-state index in [2.05, 4.69) is 12.2 Å². The molecule has 0 fully saturated rings. The summed E-state index contributed by atoms with van der Waals surface area (Å²) in [4.78, 5) is 26.4. The van der Waals surface area contributed by atoms with Crippen LogP contribution in [0.25, 0.3) is 0 Å². The van der Waals surface area contributed by atoms with Gasteiger partial charge in [-0.3, -0.25) is 9.59 Å². The minimum Gasteiger partial charge on any atom is -0.354 e. The van der Waals surface area contributed by atoms with Crippen LogP contribution in [0.5, 0.6) is 0 Å². The van der Waals surface area contributed by atoms with Gasteiger partial charge in [-0.1, -0.05) is 25.1 Å². The predicted molar refractivity (Wildman–Crippen MR) is 94.9 cm³/mol. The Balaban J connectivity index is 1.87. The Hall–Kier alpha value is -2.14. The number of hydrogen-bond acceptors (Lipinski definition) is 3. The second-order valence-electron chi connectivity index (χ2n) is 5.30. The van der Waals surface area contributed by atoms with E-state index in [1.54, 1.807) is 23.2 Å². The van der Waals surface area contributed by atoms with Gasteiger partial charge in [-0.05, 0) is 35.6 Å². The number of nitrogens with one attached hydrogen (secondary N) is 1. The topological polar surface area (TPSA) is 49.4 Å². The molecule has 0 bridgehead atoms. The van der Waals surface area contributed by atoms with Crippen LogP contribution in [0.2, 0.25) is 0 Å². The molecule has 0 radical (unpaired) electrons. The van der Waals surface area contributed by atoms with Crippen LogP contribution < -0.4 is 10.2 Å². The molecule has 0 spiro atoms. The van der Waals surface area contributed by atoms with E-state index in [0.717, 1.165) is 17.0 Å². The van der Waals surface area contributed by atoms with Gasteiger partial charge in [-0.25, -0.2) is 0 Å². The highest BCUT2D eigenvalue weighted by Gasteiger charge is 2.12. The summed E-state index contributed by atoms with van der Waals surface area (Å²) in [6.45, 7) is 4.55. The number of carbonyl (C=O) groups is 2. The van der Waals surface area contributed by atoms with Gasteiger partial charge in [0.1, 0.15) is 0 Å². The number of carbonyl (C=O) groups excluding carboxylic acids is 2. The summed E-state index contributed by atoms with van der Waals surface area (Å²) in [5, 5.41) is 4.83. The van der Waals surface area contributed by atoms with Gasteiger partial charge in [-0.2, -0.15) is 0 Å². The molecule has 1 aromatic carbocycles. The zero-order valence-corrected chi connectivity index (χ0v) is 14.4. The molecule has 0 aliphatic carbocycles. The van der Waals surface area contributed by atoms with Gasteiger partial charge in [-0.15, -0.1) is 11.3 Å². The highest BCUT2D eigenvalue weighted by molar-refractivity contribution is 7.10. The van der Waals surface area contributed by atoms with Crippen molar-refractivity contribution in [3.8, 4) is 0 Å². The Labute approximate surface area is 141 Å². The van der Waals surface area contributed by atoms with Crippen molar-refractivity contribution in [1.82, 2.24) is 5.32 Å². The number of rotatable bonds is 7. The van der Waals surface area contributed by atoms with Gasteiger partial charge in [0.05, 0.1) is 6.42 Å². The molecule has 0 unspecified atom stereocenters. The Bertz CT molecular complexity index is 636. The quantitative estimate of drug-likeness (QED) is 0.848. The molecule has 0 aliphatic rings. The van der Waals surface area contributed by atoms with Gasteiger partial charge in [0.15, 0.2) is 0 Å². The molecule has 0 saturated carbocycles. The van der Waals surface area contributed by atoms with Crippen LogP contribution in [-0.4, -0.2) is 24.9 Å². The molecule has 0 saturated heterocycles. The van der Waals surface area contributed by atoms with Crippen LogP contribution >= 0.6 is 11.3 Å². The minimum atomic E-state index is -0.0262. The molecular weight excluding hydrogens is 308 g/mol. The van der Waals surface area contributed by atoms with Crippen molar-refractivity contribution < 1.29 is 9.59 Å². The zero-order chi connectivity index (χ0) is 16.7. The fourth-order valence-electron chi connectivity index (χ4n) is 2.32. The van der Waals surface area contributed by atoms with E-state index in [9.17, 15) is 9.59 Å². The van der Waals surface area contributed by atoms with Crippen LogP contribution in [0.1, 0.15) is 24.3 Å². The summed E-state index contributed by atoms with van der Waals surface area (Å²) in [7, 11) is 0. The average molecular weight is 330 g/mol. The molecule has 4 nitrogen and oxygen atoms in total. The zero-order valence-electron chi connectivity index (χ0n) is 13.5. The summed E-state index contributed by atoms with van der Waals surface area (Å²) >= 11 is 1.57. The molecule has 0 atom stereocenters. The monoisotopic (exact) mass is 330 g/mol. The van der Waals surface area contributed by atoms with Crippen molar-refractivity contribution >= 4 is 28.8 Å². The van der Waals surface area contributed by atoms with Crippen LogP contribution in [0.4, 0.5) is 5.69 Å². The van der Waals surface area contributed by atoms with Crippen molar-refractivity contribution in [3.63, 3.8) is 0 Å². The number of anilines is 1. The SMILES string of the molecule is CCc1ccc(N(CCNC(=O)Cc2cccs2)C(C)=O)cc1. The molecule has 1 aromatic heterocycles. The highest BCUT2D eigenvalue weighted by Crippen LogP contribution is 2.15. The third-order valence-corrected chi connectivity index (χ3v) is 4.49. The molecule has 2 amide bonds. The average Bonchev–Trinajstić information content (AvgIpc) is 3.04. The van der Waals surface area contributed by atoms with Crippen LogP contribution in [-0.2, 0) is 22.4 Å². The normalized spacial score (nSPS) is 10.3. The van der Waals surface area contributed by atoms with E-state index in [1.807, 2.05) is 41.8 Å². The number of aryl methyl sites for hydroxylation is 1. The van der Waals surface area contributed by atoms with Crippen molar-refractivity contribution in [3.05, 3.63) is 52.2 Å². The lowest BCUT2D eigenvalue weighted by Crippen LogP contribution is -2.38. The minimum absolute atomic E-state index is 0.0164. The summed E-state index contributed by atoms with van der Waals surface area (Å²) in [6, 6.07) is 11.8. The van der Waals surface area contributed by atoms with Crippen LogP contribution in [0.3, 0.4) is 0 Å². The Morgan fingerprint density at radius 2 is 1.91 bits per heavy atom. The highest BCUT2D eigenvalue weighted by atomic mass is 32.1. The van der Waals surface area contributed by atoms with Gasteiger partial charge < -0.3 is 10.2 Å². The summed E-state index contributed by atoms with van der Waals surface area (Å²) in [5.41, 5.74) is 2.10. The molecule has 2 rings (SSSR count). The first-order valence-electron chi connectivity index (χ1n) is 7.76. The Kier molecular flexibility index (Phi) is 6.35. The number of hydrogen-bond donors (Lipinski definition) is 1. The predicted octanol–water partition coefficient (Wildman–Crippen LogP) is 3.02. The van der Waals surface area contributed by atoms with Gasteiger partial charge >= 0.3 is 0 Å². The molecule has 1 N–H and O–H groups in total. The molecular formula is C18H22N2O2S. The first kappa shape index (κ1) is 17.2. The van der Waals surface area contributed by atoms with E-state index in [4.69, 9.17) is 0 Å². The molecule has 122 valence electrons. The van der Waals surface area contributed by atoms with Gasteiger partial charge in [0.2, 0.25) is 11.8 Å². The molecule has 5 heteroatoms. The fraction of sp³-hybridized carbons (Fsp3) is 0.333. The van der Waals surface area contributed by atoms with E-state index < -0.39 is 0 Å². The molecule has 23 heavy (non-hydrogen) atoms. The van der Waals surface area contributed by atoms with Gasteiger partial charge in [0.25, 0.3) is 0 Å². The largest absolute Gasteiger partial charge is 0.354 e. The van der Waals surface area contributed by atoms with E-state index in [0.29, 0.717) is 19.5 Å². The van der Waals surface area contributed by atoms with Crippen molar-refractivity contribution in [1.29, 1.82) is 0 Å². The maximum Gasteiger partial charge on any atom is 0.225 e. The Morgan fingerprint density at radius 3 is 2.48 bits per heavy atom. The summed E-state index contributed by atoms with van der Waals surface area (Å²) in [5.74, 6) is -0.0426. The first-order valence-corrected chi connectivity index (χ1v) is 8.64. The van der Waals surface area contributed by atoms with E-state index in [-0.39, 0.29) is 11.8 Å². The Morgan fingerprint density at radius 1 is 1.17 bits per heavy atom. The number of benzene rings is 1. The molecule has 0 aliphatic heterocycles. The lowest BCUT2D eigenvalue weighted by molar-refractivity contribution is -0.120. The van der Waals surface area contributed by atoms with Crippen molar-refractivity contribution in [2.24, 2.45) is 0 Å². The van der Waals surface area contributed by atoms with Crippen molar-refractivity contribution in [2.45, 2.75) is 26.7 Å². The van der Waals surface area contributed by atoms with Crippen molar-refractivity contribution in [2.75, 3.05) is 18.0 Å². The second kappa shape index (κ2) is 8.48. The number of nitrogens with zero attached hydrogens (tertiary/aromatic N) is 1. The summed E-state index contributed by atoms with van der Waals surface area (Å²) < 4.78 is 0. The van der Waals surface area contributed by atoms with Crippen LogP contribution in [0.15, 0.2) is 41.8 Å². The molecule has 1 heterocycles. The summed E-state index contributed by atoms with van der Waals surface area (Å²) in [6.07, 6.45) is 1.36. The third-order valence-electron chi connectivity index (χ3n) is 3.61. The standard InChI is InChI=1S/C18H22N2O2S/c1-3-15-6-8-16(9-7-15)20(14(2)21)11-10-19-18(22)13-17-5-4-12-23-17/h4-9,12H,3,10-11,13H2,1-2H3,(H,19,22). The number of thiophene rings is 1.